The third-order valence-corrected chi connectivity index (χ3v) is 4.08. The lowest BCUT2D eigenvalue weighted by atomic mass is 10.1. The number of carbonyl (C=O) groups is 1. The van der Waals surface area contributed by atoms with Crippen LogP contribution in [0, 0.1) is 0 Å². The lowest BCUT2D eigenvalue weighted by Gasteiger charge is -2.31. The van der Waals surface area contributed by atoms with Crippen LogP contribution in [0.5, 0.6) is 0 Å². The summed E-state index contributed by atoms with van der Waals surface area (Å²) >= 11 is 0. The van der Waals surface area contributed by atoms with Crippen LogP contribution >= 0.6 is 0 Å². The number of carbonyl (C=O) groups excluding carboxylic acids is 1. The fourth-order valence-electron chi connectivity index (χ4n) is 1.83. The van der Waals surface area contributed by atoms with Crippen LogP contribution in [0.25, 0.3) is 0 Å². The van der Waals surface area contributed by atoms with Crippen molar-refractivity contribution in [2.45, 2.75) is 31.4 Å². The molecule has 0 bridgehead atoms. The van der Waals surface area contributed by atoms with Crippen LogP contribution in [-0.4, -0.2) is 50.8 Å². The second kappa shape index (κ2) is 6.32. The Morgan fingerprint density at radius 2 is 2.24 bits per heavy atom. The molecular formula is C10H20N2O4S. The average molecular weight is 264 g/mol. The Balaban J connectivity index is 2.46. The van der Waals surface area contributed by atoms with E-state index in [-0.39, 0.29) is 19.1 Å². The number of amides is 1. The van der Waals surface area contributed by atoms with Crippen LogP contribution in [0.2, 0.25) is 0 Å². The van der Waals surface area contributed by atoms with Gasteiger partial charge in [-0.2, -0.15) is 0 Å². The summed E-state index contributed by atoms with van der Waals surface area (Å²) < 4.78 is 27.6. The van der Waals surface area contributed by atoms with Crippen LogP contribution in [0.4, 0.5) is 0 Å². The molecule has 7 heteroatoms. The van der Waals surface area contributed by atoms with Crippen LogP contribution in [-0.2, 0) is 19.6 Å². The van der Waals surface area contributed by atoms with Crippen molar-refractivity contribution in [3.05, 3.63) is 0 Å². The molecule has 17 heavy (non-hydrogen) atoms. The van der Waals surface area contributed by atoms with Crippen molar-refractivity contribution in [1.29, 1.82) is 0 Å². The van der Waals surface area contributed by atoms with Crippen LogP contribution in [0.15, 0.2) is 0 Å². The minimum Gasteiger partial charge on any atom is -0.372 e. The molecule has 1 atom stereocenters. The van der Waals surface area contributed by atoms with E-state index in [1.165, 1.54) is 4.90 Å². The predicted molar refractivity (Wildman–Crippen MR) is 63.8 cm³/mol. The highest BCUT2D eigenvalue weighted by atomic mass is 32.2. The second-order valence-electron chi connectivity index (χ2n) is 4.25. The summed E-state index contributed by atoms with van der Waals surface area (Å²) in [7, 11) is -3.55. The normalized spacial score (nSPS) is 21.5. The van der Waals surface area contributed by atoms with Gasteiger partial charge >= 0.3 is 0 Å². The van der Waals surface area contributed by atoms with Crippen molar-refractivity contribution >= 4 is 15.9 Å². The van der Waals surface area contributed by atoms with E-state index in [1.807, 2.05) is 6.92 Å². The first kappa shape index (κ1) is 14.4. The molecule has 0 spiro atoms. The number of sulfonamides is 1. The fourth-order valence-corrected chi connectivity index (χ4v) is 2.71. The van der Waals surface area contributed by atoms with E-state index >= 15 is 0 Å². The molecule has 1 amide bonds. The van der Waals surface area contributed by atoms with E-state index in [1.54, 1.807) is 0 Å². The molecule has 1 rings (SSSR count). The maximum atomic E-state index is 11.7. The van der Waals surface area contributed by atoms with Crippen molar-refractivity contribution in [2.75, 3.05) is 26.3 Å². The zero-order valence-electron chi connectivity index (χ0n) is 10.1. The Hall–Kier alpha value is -0.660. The zero-order valence-corrected chi connectivity index (χ0v) is 10.9. The van der Waals surface area contributed by atoms with Gasteiger partial charge in [0, 0.05) is 19.7 Å². The van der Waals surface area contributed by atoms with E-state index in [2.05, 4.69) is 0 Å². The zero-order chi connectivity index (χ0) is 12.9. The molecule has 0 aliphatic carbocycles. The first-order chi connectivity index (χ1) is 7.95. The first-order valence-electron chi connectivity index (χ1n) is 5.82. The molecule has 1 aliphatic rings. The van der Waals surface area contributed by atoms with Gasteiger partial charge in [0.05, 0.1) is 5.25 Å². The van der Waals surface area contributed by atoms with Crippen LogP contribution in [0.1, 0.15) is 26.2 Å². The Morgan fingerprint density at radius 3 is 2.82 bits per heavy atom. The van der Waals surface area contributed by atoms with Crippen LogP contribution in [0.3, 0.4) is 0 Å². The van der Waals surface area contributed by atoms with E-state index < -0.39 is 15.3 Å². The summed E-state index contributed by atoms with van der Waals surface area (Å²) in [6, 6.07) is 0. The Kier molecular flexibility index (Phi) is 5.35. The minimum atomic E-state index is -3.55. The maximum Gasteiger partial charge on any atom is 0.248 e. The third-order valence-electron chi connectivity index (χ3n) is 2.77. The van der Waals surface area contributed by atoms with Crippen molar-refractivity contribution < 1.29 is 17.9 Å². The van der Waals surface area contributed by atoms with Crippen LogP contribution < -0.4 is 5.14 Å². The molecule has 1 heterocycles. The molecule has 1 saturated heterocycles. The summed E-state index contributed by atoms with van der Waals surface area (Å²) in [5.41, 5.74) is 0. The molecule has 6 nitrogen and oxygen atoms in total. The van der Waals surface area contributed by atoms with E-state index in [0.29, 0.717) is 26.0 Å². The summed E-state index contributed by atoms with van der Waals surface area (Å²) in [6.07, 6.45) is 2.05. The molecule has 0 saturated carbocycles. The minimum absolute atomic E-state index is 0.0190. The summed E-state index contributed by atoms with van der Waals surface area (Å²) in [5.74, 6) is -0.160. The number of hydrogen-bond donors (Lipinski definition) is 1. The van der Waals surface area contributed by atoms with E-state index in [9.17, 15) is 13.2 Å². The molecule has 0 radical (unpaired) electrons. The van der Waals surface area contributed by atoms with Crippen molar-refractivity contribution in [2.24, 2.45) is 5.14 Å². The standard InChI is InChI=1S/C10H20N2O4S/c1-2-6-16-8-10(13)12-5-3-4-9(7-12)17(11,14)15/h9H,2-8H2,1H3,(H2,11,14,15). The third kappa shape index (κ3) is 4.61. The van der Waals surface area contributed by atoms with Gasteiger partial charge in [0.15, 0.2) is 0 Å². The van der Waals surface area contributed by atoms with E-state index in [0.717, 1.165) is 6.42 Å². The summed E-state index contributed by atoms with van der Waals surface area (Å²) in [5, 5.41) is 4.46. The second-order valence-corrected chi connectivity index (χ2v) is 6.09. The molecule has 2 N–H and O–H groups in total. The molecule has 1 aliphatic heterocycles. The highest BCUT2D eigenvalue weighted by molar-refractivity contribution is 7.89. The summed E-state index contributed by atoms with van der Waals surface area (Å²) in [6.45, 7) is 3.29. The number of ether oxygens (including phenoxy) is 1. The number of hydrogen-bond acceptors (Lipinski definition) is 4. The van der Waals surface area contributed by atoms with Gasteiger partial charge < -0.3 is 9.64 Å². The van der Waals surface area contributed by atoms with Crippen molar-refractivity contribution in [3.8, 4) is 0 Å². The number of likely N-dealkylation sites (tertiary alicyclic amines) is 1. The average Bonchev–Trinajstić information content (AvgIpc) is 2.28. The lowest BCUT2D eigenvalue weighted by Crippen LogP contribution is -2.48. The highest BCUT2D eigenvalue weighted by Gasteiger charge is 2.30. The number of rotatable bonds is 5. The Morgan fingerprint density at radius 1 is 1.53 bits per heavy atom. The maximum absolute atomic E-state index is 11.7. The number of primary sulfonamides is 1. The van der Waals surface area contributed by atoms with Gasteiger partial charge in [-0.05, 0) is 19.3 Å². The summed E-state index contributed by atoms with van der Waals surface area (Å²) in [4.78, 5) is 13.2. The molecule has 1 fully saturated rings. The van der Waals surface area contributed by atoms with Gasteiger partial charge in [-0.25, -0.2) is 13.6 Å². The molecule has 0 aromatic carbocycles. The van der Waals surface area contributed by atoms with Gasteiger partial charge in [-0.1, -0.05) is 6.92 Å². The fraction of sp³-hybridized carbons (Fsp3) is 0.900. The van der Waals surface area contributed by atoms with Gasteiger partial charge in [-0.15, -0.1) is 0 Å². The van der Waals surface area contributed by atoms with E-state index in [4.69, 9.17) is 9.88 Å². The Labute approximate surface area is 102 Å². The van der Waals surface area contributed by atoms with Crippen molar-refractivity contribution in [1.82, 2.24) is 4.90 Å². The first-order valence-corrected chi connectivity index (χ1v) is 7.43. The topological polar surface area (TPSA) is 89.7 Å². The highest BCUT2D eigenvalue weighted by Crippen LogP contribution is 2.15. The molecule has 100 valence electrons. The predicted octanol–water partition coefficient (Wildman–Crippen LogP) is -0.307. The molecule has 1 unspecified atom stereocenters. The quantitative estimate of drug-likeness (QED) is 0.690. The molecule has 0 aromatic heterocycles. The largest absolute Gasteiger partial charge is 0.372 e. The van der Waals surface area contributed by atoms with Gasteiger partial charge in [0.25, 0.3) is 0 Å². The van der Waals surface area contributed by atoms with Gasteiger partial charge in [0.1, 0.15) is 6.61 Å². The number of nitrogens with zero attached hydrogens (tertiary/aromatic N) is 1. The molecule has 0 aromatic rings. The smallest absolute Gasteiger partial charge is 0.248 e. The molecular weight excluding hydrogens is 244 g/mol. The van der Waals surface area contributed by atoms with Gasteiger partial charge in [0.2, 0.25) is 15.9 Å². The number of nitrogens with two attached hydrogens (primary N) is 1. The van der Waals surface area contributed by atoms with Crippen molar-refractivity contribution in [3.63, 3.8) is 0 Å². The van der Waals surface area contributed by atoms with Gasteiger partial charge in [-0.3, -0.25) is 4.79 Å². The Bertz CT molecular complexity index is 355. The number of piperidine rings is 1. The lowest BCUT2D eigenvalue weighted by molar-refractivity contribution is -0.136. The SMILES string of the molecule is CCCOCC(=O)N1CCCC(S(N)(=O)=O)C1. The monoisotopic (exact) mass is 264 g/mol.